The first-order valence-corrected chi connectivity index (χ1v) is 7.12. The molecule has 1 aliphatic rings. The lowest BCUT2D eigenvalue weighted by atomic mass is 9.89. The predicted molar refractivity (Wildman–Crippen MR) is 78.0 cm³/mol. The van der Waals surface area contributed by atoms with Gasteiger partial charge >= 0.3 is 0 Å². The van der Waals surface area contributed by atoms with E-state index in [0.29, 0.717) is 6.54 Å². The molecular weight excluding hydrogens is 234 g/mol. The Bertz CT molecular complexity index is 584. The molecule has 0 bridgehead atoms. The highest BCUT2D eigenvalue weighted by atomic mass is 15.3. The lowest BCUT2D eigenvalue weighted by Gasteiger charge is -2.16. The van der Waals surface area contributed by atoms with Crippen molar-refractivity contribution in [2.75, 3.05) is 6.54 Å². The number of fused-ring (bicyclic) bond motifs is 1. The second-order valence-corrected chi connectivity index (χ2v) is 5.36. The van der Waals surface area contributed by atoms with Gasteiger partial charge in [-0.1, -0.05) is 18.2 Å². The topological polar surface area (TPSA) is 43.8 Å². The van der Waals surface area contributed by atoms with E-state index in [1.807, 2.05) is 17.9 Å². The van der Waals surface area contributed by atoms with Crippen LogP contribution < -0.4 is 5.73 Å². The first kappa shape index (κ1) is 12.4. The fraction of sp³-hybridized carbons (Fsp3) is 0.438. The highest BCUT2D eigenvalue weighted by Crippen LogP contribution is 2.29. The summed E-state index contributed by atoms with van der Waals surface area (Å²) in [7, 11) is 1.99. The summed E-state index contributed by atoms with van der Waals surface area (Å²) in [6, 6.07) is 6.88. The molecule has 1 aromatic carbocycles. The summed E-state index contributed by atoms with van der Waals surface area (Å²) in [5.41, 5.74) is 12.5. The molecule has 19 heavy (non-hydrogen) atoms. The molecule has 0 atom stereocenters. The van der Waals surface area contributed by atoms with Crippen molar-refractivity contribution in [1.29, 1.82) is 0 Å². The van der Waals surface area contributed by atoms with Crippen molar-refractivity contribution in [2.24, 2.45) is 12.8 Å². The molecule has 3 rings (SSSR count). The van der Waals surface area contributed by atoms with Crippen LogP contribution in [0.4, 0.5) is 0 Å². The Morgan fingerprint density at radius 2 is 2.00 bits per heavy atom. The number of benzene rings is 1. The Hall–Kier alpha value is -1.61. The maximum Gasteiger partial charge on any atom is 0.0571 e. The van der Waals surface area contributed by atoms with Crippen LogP contribution in [0.5, 0.6) is 0 Å². The van der Waals surface area contributed by atoms with Crippen LogP contribution in [0, 0.1) is 0 Å². The van der Waals surface area contributed by atoms with E-state index in [1.54, 1.807) is 0 Å². The second kappa shape index (κ2) is 5.17. The van der Waals surface area contributed by atoms with E-state index in [-0.39, 0.29) is 0 Å². The Labute approximate surface area is 114 Å². The minimum Gasteiger partial charge on any atom is -0.330 e. The number of rotatable bonds is 3. The van der Waals surface area contributed by atoms with E-state index in [9.17, 15) is 0 Å². The number of hydrogen-bond donors (Lipinski definition) is 1. The quantitative estimate of drug-likeness (QED) is 0.915. The molecule has 0 unspecified atom stereocenters. The molecule has 3 nitrogen and oxygen atoms in total. The van der Waals surface area contributed by atoms with E-state index < -0.39 is 0 Å². The molecule has 0 saturated heterocycles. The van der Waals surface area contributed by atoms with Crippen LogP contribution >= 0.6 is 0 Å². The molecule has 0 fully saturated rings. The molecule has 1 aliphatic carbocycles. The molecule has 100 valence electrons. The molecule has 0 spiro atoms. The van der Waals surface area contributed by atoms with Crippen molar-refractivity contribution in [3.8, 4) is 11.1 Å². The summed E-state index contributed by atoms with van der Waals surface area (Å²) in [6.07, 6.45) is 7.95. The van der Waals surface area contributed by atoms with Crippen LogP contribution in [0.2, 0.25) is 0 Å². The minimum absolute atomic E-state index is 0.664. The average Bonchev–Trinajstić information content (AvgIpc) is 2.80. The van der Waals surface area contributed by atoms with E-state index in [2.05, 4.69) is 23.3 Å². The zero-order valence-corrected chi connectivity index (χ0v) is 11.5. The van der Waals surface area contributed by atoms with Gasteiger partial charge in [0.2, 0.25) is 0 Å². The highest BCUT2D eigenvalue weighted by molar-refractivity contribution is 5.67. The number of aromatic nitrogens is 2. The molecule has 0 aliphatic heterocycles. The van der Waals surface area contributed by atoms with Gasteiger partial charge < -0.3 is 5.73 Å². The van der Waals surface area contributed by atoms with Crippen molar-refractivity contribution in [1.82, 2.24) is 9.78 Å². The van der Waals surface area contributed by atoms with Crippen molar-refractivity contribution in [3.05, 3.63) is 41.2 Å². The van der Waals surface area contributed by atoms with Gasteiger partial charge in [-0.15, -0.1) is 0 Å². The van der Waals surface area contributed by atoms with Gasteiger partial charge in [0.25, 0.3) is 0 Å². The molecule has 3 heteroatoms. The number of nitrogens with two attached hydrogens (primary N) is 1. The van der Waals surface area contributed by atoms with E-state index in [4.69, 9.17) is 5.73 Å². The van der Waals surface area contributed by atoms with E-state index in [1.165, 1.54) is 53.6 Å². The van der Waals surface area contributed by atoms with Gasteiger partial charge in [-0.3, -0.25) is 4.68 Å². The molecule has 2 aromatic rings. The smallest absolute Gasteiger partial charge is 0.0571 e. The standard InChI is InChI=1S/C16H21N3/c1-19-16(8-9-17)15(11-18-19)14-7-6-12-4-2-3-5-13(12)10-14/h6-7,10-11H,2-5,8-9,17H2,1H3. The van der Waals surface area contributed by atoms with Gasteiger partial charge in [-0.05, 0) is 48.9 Å². The summed E-state index contributed by atoms with van der Waals surface area (Å²) in [5.74, 6) is 0. The van der Waals surface area contributed by atoms with Crippen LogP contribution in [0.1, 0.15) is 29.7 Å². The largest absolute Gasteiger partial charge is 0.330 e. The van der Waals surface area contributed by atoms with Gasteiger partial charge in [-0.25, -0.2) is 0 Å². The molecule has 1 heterocycles. The Morgan fingerprint density at radius 1 is 1.21 bits per heavy atom. The Morgan fingerprint density at radius 3 is 2.79 bits per heavy atom. The van der Waals surface area contributed by atoms with E-state index in [0.717, 1.165) is 6.42 Å². The third-order valence-corrected chi connectivity index (χ3v) is 4.10. The van der Waals surface area contributed by atoms with Gasteiger partial charge in [0.15, 0.2) is 0 Å². The molecule has 0 amide bonds. The van der Waals surface area contributed by atoms with Crippen molar-refractivity contribution in [2.45, 2.75) is 32.1 Å². The zero-order chi connectivity index (χ0) is 13.2. The fourth-order valence-electron chi connectivity index (χ4n) is 3.04. The molecule has 1 aromatic heterocycles. The van der Waals surface area contributed by atoms with Crippen molar-refractivity contribution < 1.29 is 0 Å². The van der Waals surface area contributed by atoms with Gasteiger partial charge in [0.05, 0.1) is 6.20 Å². The van der Waals surface area contributed by atoms with Crippen molar-refractivity contribution >= 4 is 0 Å². The third-order valence-electron chi connectivity index (χ3n) is 4.10. The van der Waals surface area contributed by atoms with Gasteiger partial charge in [0, 0.05) is 24.7 Å². The summed E-state index contributed by atoms with van der Waals surface area (Å²) in [4.78, 5) is 0. The molecular formula is C16H21N3. The summed E-state index contributed by atoms with van der Waals surface area (Å²) in [5, 5.41) is 4.38. The zero-order valence-electron chi connectivity index (χ0n) is 11.5. The van der Waals surface area contributed by atoms with Gasteiger partial charge in [-0.2, -0.15) is 5.10 Å². The fourth-order valence-corrected chi connectivity index (χ4v) is 3.04. The number of aryl methyl sites for hydroxylation is 3. The molecule has 0 saturated carbocycles. The van der Waals surface area contributed by atoms with Crippen molar-refractivity contribution in [3.63, 3.8) is 0 Å². The van der Waals surface area contributed by atoms with Crippen LogP contribution in [0.3, 0.4) is 0 Å². The maximum absolute atomic E-state index is 5.71. The highest BCUT2D eigenvalue weighted by Gasteiger charge is 2.14. The summed E-state index contributed by atoms with van der Waals surface area (Å²) < 4.78 is 1.95. The normalized spacial score (nSPS) is 14.4. The lowest BCUT2D eigenvalue weighted by Crippen LogP contribution is -2.08. The monoisotopic (exact) mass is 255 g/mol. The third kappa shape index (κ3) is 2.30. The lowest BCUT2D eigenvalue weighted by molar-refractivity contribution is 0.686. The number of nitrogens with zero attached hydrogens (tertiary/aromatic N) is 2. The van der Waals surface area contributed by atoms with E-state index >= 15 is 0 Å². The number of hydrogen-bond acceptors (Lipinski definition) is 2. The van der Waals surface area contributed by atoms with Crippen LogP contribution in [0.15, 0.2) is 24.4 Å². The second-order valence-electron chi connectivity index (χ2n) is 5.36. The van der Waals surface area contributed by atoms with Crippen LogP contribution in [-0.4, -0.2) is 16.3 Å². The first-order valence-electron chi connectivity index (χ1n) is 7.12. The molecule has 0 radical (unpaired) electrons. The SMILES string of the molecule is Cn1ncc(-c2ccc3c(c2)CCCC3)c1CCN. The maximum atomic E-state index is 5.71. The first-order chi connectivity index (χ1) is 9.29. The Kier molecular flexibility index (Phi) is 3.38. The Balaban J connectivity index is 2.02. The predicted octanol–water partition coefficient (Wildman–Crippen LogP) is 2.47. The minimum atomic E-state index is 0.664. The average molecular weight is 255 g/mol. The molecule has 2 N–H and O–H groups in total. The van der Waals surface area contributed by atoms with Crippen LogP contribution in [0.25, 0.3) is 11.1 Å². The summed E-state index contributed by atoms with van der Waals surface area (Å²) in [6.45, 7) is 0.664. The van der Waals surface area contributed by atoms with Gasteiger partial charge in [0.1, 0.15) is 0 Å². The summed E-state index contributed by atoms with van der Waals surface area (Å²) >= 11 is 0. The van der Waals surface area contributed by atoms with Crippen LogP contribution in [-0.2, 0) is 26.3 Å².